The third-order valence-electron chi connectivity index (χ3n) is 3.00. The smallest absolute Gasteiger partial charge is 0.216 e. The molecule has 0 saturated carbocycles. The van der Waals surface area contributed by atoms with E-state index in [2.05, 4.69) is 0 Å². The highest BCUT2D eigenvalue weighted by molar-refractivity contribution is 6.27. The molecule has 0 bridgehead atoms. The number of nitrogens with zero attached hydrogens (tertiary/aromatic N) is 1. The summed E-state index contributed by atoms with van der Waals surface area (Å²) in [6.45, 7) is 3.19. The Morgan fingerprint density at radius 2 is 2.29 bits per heavy atom. The Morgan fingerprint density at radius 3 is 2.94 bits per heavy atom. The maximum absolute atomic E-state index is 11.7. The Bertz CT molecular complexity index is 443. The van der Waals surface area contributed by atoms with E-state index >= 15 is 0 Å². The SMILES string of the molecule is CC(N)CN1Cc2ccccc2C1C(=O)C=O. The molecule has 2 unspecified atom stereocenters. The van der Waals surface area contributed by atoms with E-state index in [4.69, 9.17) is 5.73 Å². The summed E-state index contributed by atoms with van der Waals surface area (Å²) in [7, 11) is 0. The predicted molar refractivity (Wildman–Crippen MR) is 64.3 cm³/mol. The maximum Gasteiger partial charge on any atom is 0.216 e. The van der Waals surface area contributed by atoms with Gasteiger partial charge in [-0.05, 0) is 18.1 Å². The minimum absolute atomic E-state index is 0.0220. The van der Waals surface area contributed by atoms with E-state index in [-0.39, 0.29) is 6.04 Å². The number of hydrogen-bond donors (Lipinski definition) is 1. The minimum atomic E-state index is -0.449. The predicted octanol–water partition coefficient (Wildman–Crippen LogP) is 0.658. The number of carbonyl (C=O) groups is 2. The second-order valence-electron chi connectivity index (χ2n) is 4.53. The zero-order chi connectivity index (χ0) is 12.4. The van der Waals surface area contributed by atoms with Gasteiger partial charge in [-0.2, -0.15) is 0 Å². The molecule has 90 valence electrons. The molecule has 4 nitrogen and oxygen atoms in total. The van der Waals surface area contributed by atoms with Crippen molar-refractivity contribution in [2.24, 2.45) is 5.73 Å². The zero-order valence-electron chi connectivity index (χ0n) is 9.80. The van der Waals surface area contributed by atoms with Gasteiger partial charge in [-0.25, -0.2) is 0 Å². The molecular weight excluding hydrogens is 216 g/mol. The summed E-state index contributed by atoms with van der Waals surface area (Å²) in [5.74, 6) is -0.393. The molecule has 2 rings (SSSR count). The molecule has 17 heavy (non-hydrogen) atoms. The molecule has 4 heteroatoms. The number of hydrogen-bond acceptors (Lipinski definition) is 4. The Hall–Kier alpha value is -1.52. The maximum atomic E-state index is 11.7. The van der Waals surface area contributed by atoms with Crippen molar-refractivity contribution in [1.29, 1.82) is 0 Å². The van der Waals surface area contributed by atoms with Gasteiger partial charge in [-0.15, -0.1) is 0 Å². The molecule has 0 aliphatic carbocycles. The van der Waals surface area contributed by atoms with Gasteiger partial charge in [-0.1, -0.05) is 24.3 Å². The highest BCUT2D eigenvalue weighted by Gasteiger charge is 2.34. The van der Waals surface area contributed by atoms with Crippen molar-refractivity contribution >= 4 is 12.1 Å². The molecule has 1 aromatic carbocycles. The van der Waals surface area contributed by atoms with E-state index in [1.54, 1.807) is 0 Å². The molecule has 0 saturated heterocycles. The van der Waals surface area contributed by atoms with Crippen LogP contribution in [0.25, 0.3) is 0 Å². The highest BCUT2D eigenvalue weighted by Crippen LogP contribution is 2.33. The van der Waals surface area contributed by atoms with E-state index in [0.29, 0.717) is 19.4 Å². The van der Waals surface area contributed by atoms with Crippen LogP contribution in [0.2, 0.25) is 0 Å². The topological polar surface area (TPSA) is 63.4 Å². The molecule has 0 fully saturated rings. The minimum Gasteiger partial charge on any atom is -0.327 e. The molecule has 1 aliphatic heterocycles. The van der Waals surface area contributed by atoms with Gasteiger partial charge in [0, 0.05) is 19.1 Å². The highest BCUT2D eigenvalue weighted by atomic mass is 16.2. The lowest BCUT2D eigenvalue weighted by Gasteiger charge is -2.23. The Labute approximate surface area is 100 Å². The lowest BCUT2D eigenvalue weighted by atomic mass is 10.0. The third-order valence-corrected chi connectivity index (χ3v) is 3.00. The van der Waals surface area contributed by atoms with Crippen molar-refractivity contribution in [2.45, 2.75) is 25.6 Å². The van der Waals surface area contributed by atoms with Crippen LogP contribution in [0, 0.1) is 0 Å². The van der Waals surface area contributed by atoms with Crippen molar-refractivity contribution in [3.05, 3.63) is 35.4 Å². The van der Waals surface area contributed by atoms with Crippen LogP contribution in [0.15, 0.2) is 24.3 Å². The van der Waals surface area contributed by atoms with Crippen LogP contribution in [0.3, 0.4) is 0 Å². The fourth-order valence-corrected chi connectivity index (χ4v) is 2.39. The summed E-state index contributed by atoms with van der Waals surface area (Å²) in [5.41, 5.74) is 7.81. The van der Waals surface area contributed by atoms with E-state index in [9.17, 15) is 9.59 Å². The number of aldehydes is 1. The Balaban J connectivity index is 2.33. The lowest BCUT2D eigenvalue weighted by molar-refractivity contribution is -0.133. The van der Waals surface area contributed by atoms with E-state index < -0.39 is 11.8 Å². The van der Waals surface area contributed by atoms with Crippen LogP contribution >= 0.6 is 0 Å². The summed E-state index contributed by atoms with van der Waals surface area (Å²) in [5, 5.41) is 0. The summed E-state index contributed by atoms with van der Waals surface area (Å²) >= 11 is 0. The van der Waals surface area contributed by atoms with Crippen LogP contribution in [0.4, 0.5) is 0 Å². The number of benzene rings is 1. The second kappa shape index (κ2) is 4.77. The Morgan fingerprint density at radius 1 is 1.59 bits per heavy atom. The second-order valence-corrected chi connectivity index (χ2v) is 4.53. The summed E-state index contributed by atoms with van der Waals surface area (Å²) in [4.78, 5) is 24.4. The van der Waals surface area contributed by atoms with Gasteiger partial charge >= 0.3 is 0 Å². The zero-order valence-corrected chi connectivity index (χ0v) is 9.80. The molecule has 1 aliphatic rings. The van der Waals surface area contributed by atoms with Crippen molar-refractivity contribution in [3.63, 3.8) is 0 Å². The van der Waals surface area contributed by atoms with E-state index in [1.807, 2.05) is 36.1 Å². The number of Topliss-reactive ketones (excluding diaryl/α,β-unsaturated/α-hetero) is 1. The third kappa shape index (κ3) is 2.28. The van der Waals surface area contributed by atoms with Crippen LogP contribution < -0.4 is 5.73 Å². The van der Waals surface area contributed by atoms with Crippen molar-refractivity contribution in [3.8, 4) is 0 Å². The molecule has 2 atom stereocenters. The fraction of sp³-hybridized carbons (Fsp3) is 0.385. The van der Waals surface area contributed by atoms with Gasteiger partial charge in [0.15, 0.2) is 6.29 Å². The molecule has 2 N–H and O–H groups in total. The summed E-state index contributed by atoms with van der Waals surface area (Å²) < 4.78 is 0. The monoisotopic (exact) mass is 232 g/mol. The normalized spacial score (nSPS) is 20.9. The first kappa shape index (κ1) is 12.0. The van der Waals surface area contributed by atoms with Crippen molar-refractivity contribution < 1.29 is 9.59 Å². The van der Waals surface area contributed by atoms with Gasteiger partial charge in [-0.3, -0.25) is 14.5 Å². The molecule has 0 radical (unpaired) electrons. The average molecular weight is 232 g/mol. The van der Waals surface area contributed by atoms with Crippen LogP contribution in [0.1, 0.15) is 24.1 Å². The van der Waals surface area contributed by atoms with Crippen LogP contribution in [0.5, 0.6) is 0 Å². The number of carbonyl (C=O) groups excluding carboxylic acids is 2. The first-order valence-corrected chi connectivity index (χ1v) is 5.70. The number of ketones is 1. The average Bonchev–Trinajstić information content (AvgIpc) is 2.65. The van der Waals surface area contributed by atoms with Crippen LogP contribution in [-0.4, -0.2) is 29.6 Å². The molecule has 0 amide bonds. The summed E-state index contributed by atoms with van der Waals surface area (Å²) in [6, 6.07) is 7.25. The van der Waals surface area contributed by atoms with Gasteiger partial charge in [0.2, 0.25) is 5.78 Å². The lowest BCUT2D eigenvalue weighted by Crippen LogP contribution is -2.37. The molecule has 0 spiro atoms. The molecule has 1 heterocycles. The number of rotatable bonds is 4. The van der Waals surface area contributed by atoms with Crippen molar-refractivity contribution in [2.75, 3.05) is 6.54 Å². The van der Waals surface area contributed by atoms with Crippen LogP contribution in [-0.2, 0) is 16.1 Å². The van der Waals surface area contributed by atoms with Gasteiger partial charge < -0.3 is 5.73 Å². The molecular formula is C13H16N2O2. The van der Waals surface area contributed by atoms with E-state index in [0.717, 1.165) is 11.1 Å². The van der Waals surface area contributed by atoms with E-state index in [1.165, 1.54) is 0 Å². The first-order chi connectivity index (χ1) is 8.13. The summed E-state index contributed by atoms with van der Waals surface area (Å²) in [6.07, 6.45) is 0.404. The number of nitrogens with two attached hydrogens (primary N) is 1. The standard InChI is InChI=1S/C13H16N2O2/c1-9(14)6-15-7-10-4-2-3-5-11(10)13(15)12(17)8-16/h2-5,8-9,13H,6-7,14H2,1H3. The number of fused-ring (bicyclic) bond motifs is 1. The van der Waals surface area contributed by atoms with Gasteiger partial charge in [0.05, 0.1) is 0 Å². The quantitative estimate of drug-likeness (QED) is 0.612. The van der Waals surface area contributed by atoms with Crippen molar-refractivity contribution in [1.82, 2.24) is 4.90 Å². The fourth-order valence-electron chi connectivity index (χ4n) is 2.39. The van der Waals surface area contributed by atoms with Gasteiger partial charge in [0.1, 0.15) is 6.04 Å². The largest absolute Gasteiger partial charge is 0.327 e. The first-order valence-electron chi connectivity index (χ1n) is 5.70. The molecule has 1 aromatic rings. The van der Waals surface area contributed by atoms with Gasteiger partial charge in [0.25, 0.3) is 0 Å². The molecule has 0 aromatic heterocycles. The Kier molecular flexibility index (Phi) is 3.36.